The fourth-order valence-corrected chi connectivity index (χ4v) is 5.25. The highest BCUT2D eigenvalue weighted by Crippen LogP contribution is 2.43. The molecule has 2 aromatic heterocycles. The third kappa shape index (κ3) is 5.68. The predicted molar refractivity (Wildman–Crippen MR) is 159 cm³/mol. The number of nitrogen functional groups attached to an aromatic ring is 1. The number of nitrogens with zero attached hydrogens (tertiary/aromatic N) is 5. The molecule has 45 heavy (non-hydrogen) atoms. The summed E-state index contributed by atoms with van der Waals surface area (Å²) in [5, 5.41) is 11.6. The predicted octanol–water partition coefficient (Wildman–Crippen LogP) is 3.57. The van der Waals surface area contributed by atoms with Crippen molar-refractivity contribution in [3.8, 4) is 0 Å². The van der Waals surface area contributed by atoms with Gasteiger partial charge in [0.2, 0.25) is 5.72 Å². The van der Waals surface area contributed by atoms with E-state index in [9.17, 15) is 14.4 Å². The van der Waals surface area contributed by atoms with Gasteiger partial charge >= 0.3 is 17.9 Å². The van der Waals surface area contributed by atoms with Gasteiger partial charge < -0.3 is 24.7 Å². The monoisotopic (exact) mass is 608 g/mol. The Bertz CT molecular complexity index is 1820. The van der Waals surface area contributed by atoms with Crippen molar-refractivity contribution in [3.05, 3.63) is 114 Å². The number of benzene rings is 3. The lowest BCUT2D eigenvalue weighted by Gasteiger charge is -2.35. The maximum absolute atomic E-state index is 13.6. The Kier molecular flexibility index (Phi) is 8.16. The molecule has 0 spiro atoms. The van der Waals surface area contributed by atoms with Gasteiger partial charge in [-0.2, -0.15) is 0 Å². The Morgan fingerprint density at radius 2 is 1.38 bits per heavy atom. The van der Waals surface area contributed by atoms with E-state index in [0.29, 0.717) is 6.42 Å². The molecule has 2 N–H and O–H groups in total. The zero-order valence-electron chi connectivity index (χ0n) is 24.1. The summed E-state index contributed by atoms with van der Waals surface area (Å²) in [6.45, 7) is 1.32. The standard InChI is InChI=1S/C32H28N6O7/c1-2-23-25(43-30(40)21-14-8-4-9-15-21)26(44-31(41)22-16-10-5-11-17-22)32(45-23,18-42-29(39)20-12-6-3-7-13-20)38-19-34-24-27(33)35-37-36-28(24)38/h3-17,19,23,25-26H,2,18H2,1H3,(H2,33,35,36)/t23-,25+,26?,32-/m1/s1. The molecule has 228 valence electrons. The minimum Gasteiger partial charge on any atom is -0.457 e. The molecule has 1 aliphatic rings. The molecule has 13 heteroatoms. The van der Waals surface area contributed by atoms with Gasteiger partial charge in [0.25, 0.3) is 0 Å². The Morgan fingerprint density at radius 3 is 1.96 bits per heavy atom. The van der Waals surface area contributed by atoms with Gasteiger partial charge in [-0.25, -0.2) is 19.4 Å². The van der Waals surface area contributed by atoms with Crippen molar-refractivity contribution in [2.24, 2.45) is 0 Å². The first-order chi connectivity index (χ1) is 21.9. The van der Waals surface area contributed by atoms with E-state index in [1.807, 2.05) is 6.92 Å². The summed E-state index contributed by atoms with van der Waals surface area (Å²) in [7, 11) is 0. The van der Waals surface area contributed by atoms with Gasteiger partial charge in [0.15, 0.2) is 29.2 Å². The minimum absolute atomic E-state index is 0.00916. The van der Waals surface area contributed by atoms with Crippen LogP contribution >= 0.6 is 0 Å². The Balaban J connectivity index is 1.48. The van der Waals surface area contributed by atoms with Crippen molar-refractivity contribution >= 4 is 34.9 Å². The molecule has 1 fully saturated rings. The number of nitrogens with two attached hydrogens (primary N) is 1. The van der Waals surface area contributed by atoms with Crippen molar-refractivity contribution < 1.29 is 33.3 Å². The highest BCUT2D eigenvalue weighted by molar-refractivity contribution is 5.91. The van der Waals surface area contributed by atoms with Gasteiger partial charge in [-0.1, -0.05) is 61.5 Å². The fourth-order valence-electron chi connectivity index (χ4n) is 5.25. The SMILES string of the molecule is CC[C@H]1O[C@@](COC(=O)c2ccccc2)(n2cnc3c(N)nnnc32)C(OC(=O)c2ccccc2)[C@H]1OC(=O)c1ccccc1. The van der Waals surface area contributed by atoms with Crippen LogP contribution < -0.4 is 5.73 Å². The van der Waals surface area contributed by atoms with Crippen LogP contribution in [-0.2, 0) is 24.7 Å². The second kappa shape index (κ2) is 12.5. The topological polar surface area (TPSA) is 171 Å². The molecule has 1 saturated heterocycles. The lowest BCUT2D eigenvalue weighted by molar-refractivity contribution is -0.167. The van der Waals surface area contributed by atoms with Crippen molar-refractivity contribution in [1.29, 1.82) is 0 Å². The molecule has 5 aromatic rings. The summed E-state index contributed by atoms with van der Waals surface area (Å²) in [4.78, 5) is 44.6. The number of aromatic nitrogens is 5. The van der Waals surface area contributed by atoms with E-state index in [4.69, 9.17) is 24.7 Å². The van der Waals surface area contributed by atoms with E-state index in [1.54, 1.807) is 91.0 Å². The van der Waals surface area contributed by atoms with Crippen LogP contribution in [0.2, 0.25) is 0 Å². The zero-order valence-corrected chi connectivity index (χ0v) is 24.1. The lowest BCUT2D eigenvalue weighted by atomic mass is 10.0. The summed E-state index contributed by atoms with van der Waals surface area (Å²) in [5.41, 5.74) is 5.31. The first-order valence-electron chi connectivity index (χ1n) is 14.2. The highest BCUT2D eigenvalue weighted by Gasteiger charge is 2.62. The van der Waals surface area contributed by atoms with Crippen LogP contribution in [0.1, 0.15) is 44.4 Å². The lowest BCUT2D eigenvalue weighted by Crippen LogP contribution is -2.52. The molecule has 0 aliphatic carbocycles. The molecule has 13 nitrogen and oxygen atoms in total. The van der Waals surface area contributed by atoms with Gasteiger partial charge in [-0.3, -0.25) is 4.57 Å². The third-order valence-corrected chi connectivity index (χ3v) is 7.47. The Hall–Kier alpha value is -5.69. The minimum atomic E-state index is -1.84. The van der Waals surface area contributed by atoms with Gasteiger partial charge in [0.05, 0.1) is 23.0 Å². The molecule has 4 atom stereocenters. The second-order valence-corrected chi connectivity index (χ2v) is 10.2. The van der Waals surface area contributed by atoms with Crippen molar-refractivity contribution in [1.82, 2.24) is 25.0 Å². The Labute approximate surface area is 256 Å². The molecular weight excluding hydrogens is 580 g/mol. The van der Waals surface area contributed by atoms with E-state index in [0.717, 1.165) is 0 Å². The number of hydrogen-bond acceptors (Lipinski definition) is 12. The van der Waals surface area contributed by atoms with E-state index in [-0.39, 0.29) is 33.7 Å². The molecule has 0 saturated carbocycles. The number of imidazole rings is 1. The first-order valence-corrected chi connectivity index (χ1v) is 14.2. The largest absolute Gasteiger partial charge is 0.457 e. The van der Waals surface area contributed by atoms with E-state index in [2.05, 4.69) is 20.4 Å². The van der Waals surface area contributed by atoms with Crippen LogP contribution in [0.4, 0.5) is 5.82 Å². The van der Waals surface area contributed by atoms with Crippen LogP contribution in [0.5, 0.6) is 0 Å². The van der Waals surface area contributed by atoms with E-state index in [1.165, 1.54) is 10.9 Å². The van der Waals surface area contributed by atoms with Crippen LogP contribution in [0, 0.1) is 0 Å². The van der Waals surface area contributed by atoms with E-state index >= 15 is 0 Å². The van der Waals surface area contributed by atoms with Gasteiger partial charge in [-0.15, -0.1) is 10.2 Å². The summed E-state index contributed by atoms with van der Waals surface area (Å²) >= 11 is 0. The zero-order chi connectivity index (χ0) is 31.4. The summed E-state index contributed by atoms with van der Waals surface area (Å²) in [6.07, 6.45) is -1.69. The molecular formula is C32H28N6O7. The molecule has 6 rings (SSSR count). The number of esters is 3. The van der Waals surface area contributed by atoms with Crippen molar-refractivity contribution in [2.75, 3.05) is 12.3 Å². The summed E-state index contributed by atoms with van der Waals surface area (Å²) in [6, 6.07) is 25.1. The average molecular weight is 609 g/mol. The van der Waals surface area contributed by atoms with Crippen molar-refractivity contribution in [3.63, 3.8) is 0 Å². The maximum atomic E-state index is 13.6. The summed E-state index contributed by atoms with van der Waals surface area (Å²) < 4.78 is 26.1. The average Bonchev–Trinajstić information content (AvgIpc) is 3.65. The number of anilines is 1. The number of carbonyl (C=O) groups excluding carboxylic acids is 3. The van der Waals surface area contributed by atoms with Crippen LogP contribution in [0.25, 0.3) is 11.2 Å². The number of fused-ring (bicyclic) bond motifs is 1. The first kappa shape index (κ1) is 29.4. The third-order valence-electron chi connectivity index (χ3n) is 7.47. The van der Waals surface area contributed by atoms with Gasteiger partial charge in [0.1, 0.15) is 12.7 Å². The van der Waals surface area contributed by atoms with E-state index < -0.39 is 48.6 Å². The molecule has 0 amide bonds. The number of ether oxygens (including phenoxy) is 4. The smallest absolute Gasteiger partial charge is 0.338 e. The molecule has 0 bridgehead atoms. The van der Waals surface area contributed by atoms with Crippen LogP contribution in [0.3, 0.4) is 0 Å². The maximum Gasteiger partial charge on any atom is 0.338 e. The quantitative estimate of drug-likeness (QED) is 0.191. The number of carbonyl (C=O) groups is 3. The molecule has 3 aromatic carbocycles. The van der Waals surface area contributed by atoms with Crippen molar-refractivity contribution in [2.45, 2.75) is 37.4 Å². The normalized spacial score (nSPS) is 20.9. The highest BCUT2D eigenvalue weighted by atomic mass is 16.7. The second-order valence-electron chi connectivity index (χ2n) is 10.2. The van der Waals surface area contributed by atoms with Crippen LogP contribution in [-0.4, -0.2) is 67.8 Å². The molecule has 1 unspecified atom stereocenters. The molecule has 1 aliphatic heterocycles. The summed E-state index contributed by atoms with van der Waals surface area (Å²) in [5.74, 6) is -2.06. The van der Waals surface area contributed by atoms with Gasteiger partial charge in [0, 0.05) is 0 Å². The number of hydrogen-bond donors (Lipinski definition) is 1. The van der Waals surface area contributed by atoms with Crippen LogP contribution in [0.15, 0.2) is 97.3 Å². The van der Waals surface area contributed by atoms with Gasteiger partial charge in [-0.05, 0) is 48.0 Å². The molecule has 0 radical (unpaired) electrons. The fraction of sp³-hybridized carbons (Fsp3) is 0.219. The molecule has 3 heterocycles. The Morgan fingerprint density at radius 1 is 0.822 bits per heavy atom. The number of rotatable bonds is 9.